The molecule has 0 radical (unpaired) electrons. The lowest BCUT2D eigenvalue weighted by Crippen LogP contribution is -2.40. The molecule has 0 fully saturated rings. The maximum Gasteiger partial charge on any atom is 0.338 e. The van der Waals surface area contributed by atoms with Crippen molar-refractivity contribution in [2.45, 2.75) is 39.8 Å². The number of nitrogens with zero attached hydrogens (tertiary/aromatic N) is 2. The van der Waals surface area contributed by atoms with Crippen molar-refractivity contribution in [1.82, 2.24) is 4.57 Å². The van der Waals surface area contributed by atoms with Gasteiger partial charge in [0.2, 0.25) is 0 Å². The van der Waals surface area contributed by atoms with Crippen LogP contribution in [0.1, 0.15) is 44.9 Å². The Labute approximate surface area is 230 Å². The number of carbonyl (C=O) groups is 1. The van der Waals surface area contributed by atoms with E-state index in [0.717, 1.165) is 0 Å². The molecule has 1 aromatic heterocycles. The van der Waals surface area contributed by atoms with Crippen LogP contribution < -0.4 is 29.1 Å². The van der Waals surface area contributed by atoms with E-state index >= 15 is 0 Å². The Morgan fingerprint density at radius 1 is 1.21 bits per heavy atom. The van der Waals surface area contributed by atoms with Crippen molar-refractivity contribution in [2.24, 2.45) is 4.99 Å². The summed E-state index contributed by atoms with van der Waals surface area (Å²) >= 11 is 1.22. The van der Waals surface area contributed by atoms with Crippen molar-refractivity contribution < 1.29 is 23.7 Å². The lowest BCUT2D eigenvalue weighted by molar-refractivity contribution is -0.139. The Morgan fingerprint density at radius 3 is 2.64 bits per heavy atom. The third-order valence-corrected chi connectivity index (χ3v) is 6.89. The maximum atomic E-state index is 14.0. The van der Waals surface area contributed by atoms with E-state index in [0.29, 0.717) is 43.4 Å². The van der Waals surface area contributed by atoms with E-state index < -0.39 is 12.0 Å². The summed E-state index contributed by atoms with van der Waals surface area (Å²) in [5.41, 5.74) is 1.73. The van der Waals surface area contributed by atoms with Gasteiger partial charge >= 0.3 is 5.97 Å². The number of para-hydroxylation sites is 2. The van der Waals surface area contributed by atoms with Crippen LogP contribution in [-0.2, 0) is 9.53 Å². The molecule has 0 saturated heterocycles. The van der Waals surface area contributed by atoms with E-state index in [1.165, 1.54) is 23.0 Å². The minimum Gasteiger partial charge on any atom is -0.493 e. The monoisotopic (exact) mass is 546 g/mol. The topological polar surface area (TPSA) is 88.4 Å². The van der Waals surface area contributed by atoms with Gasteiger partial charge in [-0.05, 0) is 45.9 Å². The van der Waals surface area contributed by atoms with Gasteiger partial charge < -0.3 is 18.9 Å². The minimum atomic E-state index is -0.792. The van der Waals surface area contributed by atoms with E-state index in [9.17, 15) is 9.59 Å². The van der Waals surface area contributed by atoms with Gasteiger partial charge in [-0.3, -0.25) is 9.36 Å². The van der Waals surface area contributed by atoms with Gasteiger partial charge in [0.15, 0.2) is 16.3 Å². The van der Waals surface area contributed by atoms with Gasteiger partial charge in [0.1, 0.15) is 18.4 Å². The molecule has 1 atom stereocenters. The number of esters is 1. The highest BCUT2D eigenvalue weighted by molar-refractivity contribution is 7.07. The molecule has 0 aliphatic carbocycles. The summed E-state index contributed by atoms with van der Waals surface area (Å²) in [5, 5.41) is 0. The molecule has 0 spiro atoms. The fraction of sp³-hybridized carbons (Fsp3) is 0.300. The number of benzene rings is 2. The summed E-state index contributed by atoms with van der Waals surface area (Å²) in [6.07, 6.45) is 7.00. The van der Waals surface area contributed by atoms with Crippen LogP contribution in [0.15, 0.2) is 63.5 Å². The summed E-state index contributed by atoms with van der Waals surface area (Å²) in [6, 6.07) is 12.0. The van der Waals surface area contributed by atoms with Crippen molar-refractivity contribution in [3.05, 3.63) is 84.5 Å². The van der Waals surface area contributed by atoms with Crippen LogP contribution in [0.25, 0.3) is 6.08 Å². The van der Waals surface area contributed by atoms with Gasteiger partial charge in [0.25, 0.3) is 5.56 Å². The van der Waals surface area contributed by atoms with E-state index in [1.54, 1.807) is 32.1 Å². The number of allylic oxidation sites excluding steroid dienone is 1. The maximum absolute atomic E-state index is 14.0. The van der Waals surface area contributed by atoms with E-state index in [-0.39, 0.29) is 30.5 Å². The van der Waals surface area contributed by atoms with Gasteiger partial charge in [-0.15, -0.1) is 6.42 Å². The number of thiazole rings is 1. The van der Waals surface area contributed by atoms with Crippen LogP contribution in [0.4, 0.5) is 0 Å². The second-order valence-electron chi connectivity index (χ2n) is 8.88. The number of hydrogen-bond acceptors (Lipinski definition) is 8. The van der Waals surface area contributed by atoms with Crippen molar-refractivity contribution in [2.75, 3.05) is 20.3 Å². The predicted octanol–water partition coefficient (Wildman–Crippen LogP) is 3.61. The Morgan fingerprint density at radius 2 is 1.95 bits per heavy atom. The molecule has 9 heteroatoms. The molecule has 2 heterocycles. The molecule has 8 nitrogen and oxygen atoms in total. The Hall–Kier alpha value is -4.29. The van der Waals surface area contributed by atoms with Crippen LogP contribution in [0.5, 0.6) is 17.2 Å². The van der Waals surface area contributed by atoms with Gasteiger partial charge in [0.05, 0.1) is 35.6 Å². The molecule has 1 aliphatic heterocycles. The Bertz CT molecular complexity index is 1640. The number of carbonyl (C=O) groups excluding carboxylic acids is 1. The molecule has 202 valence electrons. The van der Waals surface area contributed by atoms with Gasteiger partial charge in [-0.25, -0.2) is 9.79 Å². The molecular formula is C30H30N2O6S. The first-order valence-corrected chi connectivity index (χ1v) is 13.3. The fourth-order valence-corrected chi connectivity index (χ4v) is 5.41. The number of fused-ring (bicyclic) bond motifs is 1. The molecule has 0 amide bonds. The van der Waals surface area contributed by atoms with E-state index in [4.69, 9.17) is 25.4 Å². The molecule has 3 aromatic rings. The first kappa shape index (κ1) is 27.7. The van der Waals surface area contributed by atoms with Crippen molar-refractivity contribution >= 4 is 23.4 Å². The highest BCUT2D eigenvalue weighted by atomic mass is 32.1. The minimum absolute atomic E-state index is 0.0389. The summed E-state index contributed by atoms with van der Waals surface area (Å²) in [6.45, 7) is 7.55. The molecule has 39 heavy (non-hydrogen) atoms. The normalized spacial score (nSPS) is 14.9. The summed E-state index contributed by atoms with van der Waals surface area (Å²) in [5.74, 6) is 3.41. The van der Waals surface area contributed by atoms with Crippen LogP contribution >= 0.6 is 11.3 Å². The number of methoxy groups -OCH3 is 1. The number of hydrogen-bond donors (Lipinski definition) is 0. The molecule has 4 rings (SSSR count). The third-order valence-electron chi connectivity index (χ3n) is 5.91. The van der Waals surface area contributed by atoms with Crippen molar-refractivity contribution in [1.29, 1.82) is 0 Å². The SMILES string of the molecule is C#CCOc1c(/C=c2\sc3n(c2=O)[C@H](c2ccccc2OC(C)C)C(C(=O)OCC)=C(C)N=3)cccc1OC. The zero-order valence-electron chi connectivity index (χ0n) is 22.5. The van der Waals surface area contributed by atoms with Gasteiger partial charge in [-0.2, -0.15) is 0 Å². The van der Waals surface area contributed by atoms with Crippen molar-refractivity contribution in [3.63, 3.8) is 0 Å². The average Bonchev–Trinajstić information content (AvgIpc) is 3.21. The number of aromatic nitrogens is 1. The lowest BCUT2D eigenvalue weighted by Gasteiger charge is -2.26. The zero-order chi connectivity index (χ0) is 28.1. The standard InChI is InChI=1S/C30H30N2O6S/c1-7-16-37-27-20(12-11-15-23(27)35-6)17-24-28(33)32-26(21-13-9-10-14-22(21)38-18(3)4)25(29(34)36-8-2)19(5)31-30(32)39-24/h1,9-15,17-18,26H,8,16H2,2-6H3/b24-17-/t26-/m1/s1. The molecule has 0 N–H and O–H groups in total. The average molecular weight is 547 g/mol. The molecular weight excluding hydrogens is 516 g/mol. The number of rotatable bonds is 9. The lowest BCUT2D eigenvalue weighted by atomic mass is 9.95. The Kier molecular flexibility index (Phi) is 8.57. The summed E-state index contributed by atoms with van der Waals surface area (Å²) < 4.78 is 24.6. The fourth-order valence-electron chi connectivity index (χ4n) is 4.37. The van der Waals surface area contributed by atoms with Gasteiger partial charge in [-0.1, -0.05) is 47.6 Å². The van der Waals surface area contributed by atoms with Crippen molar-refractivity contribution in [3.8, 4) is 29.6 Å². The second-order valence-corrected chi connectivity index (χ2v) is 9.89. The third kappa shape index (κ3) is 5.61. The summed E-state index contributed by atoms with van der Waals surface area (Å²) in [4.78, 5) is 32.3. The quantitative estimate of drug-likeness (QED) is 0.301. The number of terminal acetylenes is 1. The van der Waals surface area contributed by atoms with Crippen LogP contribution in [0.2, 0.25) is 0 Å². The van der Waals surface area contributed by atoms with Crippen LogP contribution in [0, 0.1) is 12.3 Å². The second kappa shape index (κ2) is 12.0. The summed E-state index contributed by atoms with van der Waals surface area (Å²) in [7, 11) is 1.53. The first-order chi connectivity index (χ1) is 18.8. The smallest absolute Gasteiger partial charge is 0.338 e. The predicted molar refractivity (Wildman–Crippen MR) is 150 cm³/mol. The number of ether oxygens (including phenoxy) is 4. The largest absolute Gasteiger partial charge is 0.493 e. The van der Waals surface area contributed by atoms with Crippen LogP contribution in [0.3, 0.4) is 0 Å². The molecule has 1 aliphatic rings. The molecule has 0 bridgehead atoms. The molecule has 2 aromatic carbocycles. The highest BCUT2D eigenvalue weighted by Crippen LogP contribution is 2.36. The molecule has 0 saturated carbocycles. The zero-order valence-corrected chi connectivity index (χ0v) is 23.3. The van der Waals surface area contributed by atoms with Gasteiger partial charge in [0, 0.05) is 11.1 Å². The highest BCUT2D eigenvalue weighted by Gasteiger charge is 2.35. The molecule has 0 unspecified atom stereocenters. The van der Waals surface area contributed by atoms with E-state index in [1.807, 2.05) is 44.2 Å². The Balaban J connectivity index is 1.98. The van der Waals surface area contributed by atoms with Crippen LogP contribution in [-0.4, -0.2) is 37.0 Å². The first-order valence-electron chi connectivity index (χ1n) is 12.5. The van der Waals surface area contributed by atoms with E-state index in [2.05, 4.69) is 10.9 Å².